The molecule has 0 saturated carbocycles. The highest BCUT2D eigenvalue weighted by molar-refractivity contribution is 5.67. The van der Waals surface area contributed by atoms with Gasteiger partial charge in [-0.2, -0.15) is 0 Å². The maximum absolute atomic E-state index is 13.5. The number of alkyl halides is 2. The zero-order valence-electron chi connectivity index (χ0n) is 10.9. The third-order valence-electron chi connectivity index (χ3n) is 2.62. The van der Waals surface area contributed by atoms with Gasteiger partial charge in [-0.25, -0.2) is 18.6 Å². The Bertz CT molecular complexity index is 305. The summed E-state index contributed by atoms with van der Waals surface area (Å²) in [7, 11) is 0. The molecular weight excluding hydrogens is 246 g/mol. The van der Waals surface area contributed by atoms with Crippen molar-refractivity contribution in [1.82, 2.24) is 10.4 Å². The number of nitrogens with one attached hydrogen (secondary N) is 1. The van der Waals surface area contributed by atoms with Crippen LogP contribution in [0.25, 0.3) is 0 Å². The molecule has 1 unspecified atom stereocenters. The smallest absolute Gasteiger partial charge is 0.422 e. The van der Waals surface area contributed by atoms with Gasteiger partial charge in [0.1, 0.15) is 5.60 Å². The maximum Gasteiger partial charge on any atom is 0.422 e. The minimum atomic E-state index is -3.01. The molecule has 0 aliphatic carbocycles. The molecule has 5 nitrogen and oxygen atoms in total. The maximum atomic E-state index is 13.5. The minimum absolute atomic E-state index is 0.124. The van der Waals surface area contributed by atoms with Crippen LogP contribution in [0.15, 0.2) is 0 Å². The number of carbonyl (C=O) groups is 1. The fraction of sp³-hybridized carbons (Fsp3) is 0.909. The first-order chi connectivity index (χ1) is 8.14. The van der Waals surface area contributed by atoms with Crippen LogP contribution in [0.3, 0.4) is 0 Å². The molecule has 0 aromatic heterocycles. The summed E-state index contributed by atoms with van der Waals surface area (Å²) in [4.78, 5) is 11.4. The topological polar surface area (TPSA) is 61.8 Å². The summed E-state index contributed by atoms with van der Waals surface area (Å²) in [6.07, 6.45) is -0.625. The first-order valence-corrected chi connectivity index (χ1v) is 5.87. The van der Waals surface area contributed by atoms with Crippen LogP contribution in [0, 0.1) is 5.92 Å². The molecule has 1 atom stereocenters. The van der Waals surface area contributed by atoms with Crippen molar-refractivity contribution in [1.29, 1.82) is 0 Å². The van der Waals surface area contributed by atoms with E-state index in [-0.39, 0.29) is 13.0 Å². The van der Waals surface area contributed by atoms with Crippen molar-refractivity contribution in [3.8, 4) is 0 Å². The third kappa shape index (κ3) is 4.38. The second-order valence-corrected chi connectivity index (χ2v) is 5.46. The zero-order valence-corrected chi connectivity index (χ0v) is 10.9. The molecule has 1 heterocycles. The average Bonchev–Trinajstić information content (AvgIpc) is 2.12. The normalized spacial score (nSPS) is 24.7. The van der Waals surface area contributed by atoms with Crippen molar-refractivity contribution in [2.45, 2.75) is 38.7 Å². The van der Waals surface area contributed by atoms with Gasteiger partial charge < -0.3 is 9.84 Å². The minimum Gasteiger partial charge on any atom is -0.443 e. The summed E-state index contributed by atoms with van der Waals surface area (Å²) in [5.74, 6) is -4.06. The van der Waals surface area contributed by atoms with E-state index in [0.717, 1.165) is 5.01 Å². The van der Waals surface area contributed by atoms with E-state index in [0.29, 0.717) is 0 Å². The van der Waals surface area contributed by atoms with E-state index in [1.165, 1.54) is 0 Å². The number of hydrogen-bond donors (Lipinski definition) is 2. The molecule has 1 rings (SSSR count). The highest BCUT2D eigenvalue weighted by Gasteiger charge is 2.44. The molecule has 0 spiro atoms. The third-order valence-corrected chi connectivity index (χ3v) is 2.62. The lowest BCUT2D eigenvalue weighted by Crippen LogP contribution is -2.56. The van der Waals surface area contributed by atoms with Crippen LogP contribution in [0.4, 0.5) is 13.6 Å². The van der Waals surface area contributed by atoms with Crippen molar-refractivity contribution < 1.29 is 23.4 Å². The lowest BCUT2D eigenvalue weighted by molar-refractivity contribution is -0.133. The average molecular weight is 266 g/mol. The Morgan fingerprint density at radius 2 is 2.17 bits per heavy atom. The lowest BCUT2D eigenvalue weighted by Gasteiger charge is -2.37. The van der Waals surface area contributed by atoms with Crippen LogP contribution in [0.2, 0.25) is 0 Å². The van der Waals surface area contributed by atoms with E-state index < -0.39 is 36.7 Å². The van der Waals surface area contributed by atoms with E-state index in [1.807, 2.05) is 0 Å². The number of aliphatic hydroxyl groups excluding tert-OH is 1. The number of rotatable bonds is 2. The van der Waals surface area contributed by atoms with Crippen LogP contribution in [-0.2, 0) is 4.74 Å². The summed E-state index contributed by atoms with van der Waals surface area (Å²) in [6, 6.07) is 0. The van der Waals surface area contributed by atoms with Crippen LogP contribution in [-0.4, -0.2) is 47.4 Å². The Balaban J connectivity index is 2.48. The summed E-state index contributed by atoms with van der Waals surface area (Å²) in [5, 5.41) is 9.96. The van der Waals surface area contributed by atoms with Gasteiger partial charge in [-0.05, 0) is 27.2 Å². The van der Waals surface area contributed by atoms with Crippen molar-refractivity contribution in [2.75, 3.05) is 19.7 Å². The van der Waals surface area contributed by atoms with Gasteiger partial charge in [-0.15, -0.1) is 0 Å². The van der Waals surface area contributed by atoms with E-state index in [9.17, 15) is 13.6 Å². The fourth-order valence-corrected chi connectivity index (χ4v) is 1.74. The summed E-state index contributed by atoms with van der Waals surface area (Å²) < 4.78 is 32.0. The molecule has 0 radical (unpaired) electrons. The zero-order chi connectivity index (χ0) is 14.0. The molecule has 7 heteroatoms. The number of nitrogens with zero attached hydrogens (tertiary/aromatic N) is 1. The quantitative estimate of drug-likeness (QED) is 0.792. The molecular formula is C11H20F2N2O3. The SMILES string of the molecule is CC(C)(C)OC(=O)NN1CCC(CO)C(F)(F)C1. The lowest BCUT2D eigenvalue weighted by atomic mass is 9.95. The Morgan fingerprint density at radius 1 is 1.56 bits per heavy atom. The molecule has 0 aromatic carbocycles. The number of ether oxygens (including phenoxy) is 1. The van der Waals surface area contributed by atoms with E-state index in [4.69, 9.17) is 9.84 Å². The van der Waals surface area contributed by atoms with Crippen molar-refractivity contribution in [3.05, 3.63) is 0 Å². The Morgan fingerprint density at radius 3 is 2.61 bits per heavy atom. The standard InChI is InChI=1S/C11H20F2N2O3/c1-10(2,3)18-9(17)14-15-5-4-8(6-16)11(12,13)7-15/h8,16H,4-7H2,1-3H3,(H,14,17). The number of piperidine rings is 1. The van der Waals surface area contributed by atoms with Crippen LogP contribution in [0.1, 0.15) is 27.2 Å². The molecule has 18 heavy (non-hydrogen) atoms. The number of amides is 1. The van der Waals surface area contributed by atoms with Crippen molar-refractivity contribution >= 4 is 6.09 Å². The van der Waals surface area contributed by atoms with Gasteiger partial charge in [0.25, 0.3) is 5.92 Å². The fourth-order valence-electron chi connectivity index (χ4n) is 1.74. The van der Waals surface area contributed by atoms with Crippen LogP contribution >= 0.6 is 0 Å². The van der Waals surface area contributed by atoms with Gasteiger partial charge in [-0.3, -0.25) is 5.43 Å². The van der Waals surface area contributed by atoms with Crippen LogP contribution in [0.5, 0.6) is 0 Å². The molecule has 1 aliphatic heterocycles. The first kappa shape index (κ1) is 15.1. The molecule has 1 amide bonds. The predicted molar refractivity (Wildman–Crippen MR) is 61.1 cm³/mol. The number of aliphatic hydroxyl groups is 1. The molecule has 0 aromatic rings. The number of carbonyl (C=O) groups excluding carboxylic acids is 1. The van der Waals surface area contributed by atoms with Gasteiger partial charge in [0, 0.05) is 12.5 Å². The Labute approximate surface area is 105 Å². The van der Waals surface area contributed by atoms with E-state index >= 15 is 0 Å². The number of hydrogen-bond acceptors (Lipinski definition) is 4. The van der Waals surface area contributed by atoms with Gasteiger partial charge >= 0.3 is 6.09 Å². The Hall–Kier alpha value is -0.950. The predicted octanol–water partition coefficient (Wildman–Crippen LogP) is 1.38. The number of halogens is 2. The van der Waals surface area contributed by atoms with Crippen LogP contribution < -0.4 is 5.43 Å². The first-order valence-electron chi connectivity index (χ1n) is 5.87. The summed E-state index contributed by atoms with van der Waals surface area (Å²) in [6.45, 7) is 4.18. The van der Waals surface area contributed by atoms with Crippen molar-refractivity contribution in [3.63, 3.8) is 0 Å². The Kier molecular flexibility index (Phi) is 4.50. The molecule has 106 valence electrons. The van der Waals surface area contributed by atoms with Gasteiger partial charge in [-0.1, -0.05) is 0 Å². The van der Waals surface area contributed by atoms with Gasteiger partial charge in [0.2, 0.25) is 0 Å². The molecule has 1 fully saturated rings. The van der Waals surface area contributed by atoms with Gasteiger partial charge in [0.15, 0.2) is 0 Å². The molecule has 2 N–H and O–H groups in total. The molecule has 1 aliphatic rings. The van der Waals surface area contributed by atoms with E-state index in [2.05, 4.69) is 5.43 Å². The summed E-state index contributed by atoms with van der Waals surface area (Å²) >= 11 is 0. The van der Waals surface area contributed by atoms with E-state index in [1.54, 1.807) is 20.8 Å². The monoisotopic (exact) mass is 266 g/mol. The highest BCUT2D eigenvalue weighted by Crippen LogP contribution is 2.31. The van der Waals surface area contributed by atoms with Gasteiger partial charge in [0.05, 0.1) is 13.2 Å². The second kappa shape index (κ2) is 5.36. The molecule has 0 bridgehead atoms. The number of hydrazine groups is 1. The largest absolute Gasteiger partial charge is 0.443 e. The highest BCUT2D eigenvalue weighted by atomic mass is 19.3. The summed E-state index contributed by atoms with van der Waals surface area (Å²) in [5.41, 5.74) is 1.62. The van der Waals surface area contributed by atoms with Crippen molar-refractivity contribution in [2.24, 2.45) is 5.92 Å². The second-order valence-electron chi connectivity index (χ2n) is 5.46. The molecule has 1 saturated heterocycles.